The number of nitrogens with two attached hydrogens (primary N) is 1. The molecule has 0 spiro atoms. The lowest BCUT2D eigenvalue weighted by Crippen LogP contribution is -2.56. The maximum Gasteiger partial charge on any atom is 0.240 e. The van der Waals surface area contributed by atoms with Crippen molar-refractivity contribution in [3.63, 3.8) is 0 Å². The quantitative estimate of drug-likeness (QED) is 0.808. The van der Waals surface area contributed by atoms with Gasteiger partial charge in [0.25, 0.3) is 0 Å². The minimum atomic E-state index is -0.578. The minimum absolute atomic E-state index is 0.0990. The topological polar surface area (TPSA) is 55.1 Å². The van der Waals surface area contributed by atoms with Crippen LogP contribution in [0.15, 0.2) is 0 Å². The molecule has 0 bridgehead atoms. The molecule has 0 atom stereocenters. The molecule has 2 rings (SSSR count). The average Bonchev–Trinajstić information content (AvgIpc) is 2.86. The average molecular weight is 252 g/mol. The highest BCUT2D eigenvalue weighted by atomic mass is 16.2. The molecule has 104 valence electrons. The molecule has 0 aromatic carbocycles. The molecule has 3 heteroatoms. The lowest BCUT2D eigenvalue weighted by atomic mass is 9.80. The van der Waals surface area contributed by atoms with E-state index in [2.05, 4.69) is 12.2 Å². The number of carbonyl (C=O) groups is 1. The van der Waals surface area contributed by atoms with Crippen LogP contribution in [0.5, 0.6) is 0 Å². The highest BCUT2D eigenvalue weighted by Gasteiger charge is 2.38. The number of hydrogen-bond acceptors (Lipinski definition) is 2. The van der Waals surface area contributed by atoms with Gasteiger partial charge in [-0.25, -0.2) is 0 Å². The second kappa shape index (κ2) is 5.60. The Bertz CT molecular complexity index is 289. The molecule has 0 heterocycles. The molecule has 0 saturated heterocycles. The van der Waals surface area contributed by atoms with E-state index in [0.717, 1.165) is 32.2 Å². The van der Waals surface area contributed by atoms with Gasteiger partial charge in [0.1, 0.15) is 0 Å². The largest absolute Gasteiger partial charge is 0.354 e. The Morgan fingerprint density at radius 1 is 1.06 bits per heavy atom. The zero-order chi connectivity index (χ0) is 13.1. The lowest BCUT2D eigenvalue weighted by Gasteiger charge is -2.34. The first-order chi connectivity index (χ1) is 8.60. The van der Waals surface area contributed by atoms with E-state index in [1.165, 1.54) is 38.5 Å². The second-order valence-electron chi connectivity index (χ2n) is 6.46. The third-order valence-electron chi connectivity index (χ3n) is 5.24. The molecule has 2 saturated carbocycles. The lowest BCUT2D eigenvalue weighted by molar-refractivity contribution is -0.128. The van der Waals surface area contributed by atoms with E-state index in [0.29, 0.717) is 5.41 Å². The molecule has 2 aliphatic carbocycles. The highest BCUT2D eigenvalue weighted by Crippen LogP contribution is 2.40. The molecule has 3 N–H and O–H groups in total. The number of carbonyl (C=O) groups excluding carboxylic acids is 1. The molecule has 0 unspecified atom stereocenters. The van der Waals surface area contributed by atoms with Gasteiger partial charge < -0.3 is 11.1 Å². The van der Waals surface area contributed by atoms with Crippen LogP contribution >= 0.6 is 0 Å². The molecule has 3 nitrogen and oxygen atoms in total. The first-order valence-corrected chi connectivity index (χ1v) is 7.67. The van der Waals surface area contributed by atoms with Crippen molar-refractivity contribution < 1.29 is 4.79 Å². The summed E-state index contributed by atoms with van der Waals surface area (Å²) >= 11 is 0. The third-order valence-corrected chi connectivity index (χ3v) is 5.24. The summed E-state index contributed by atoms with van der Waals surface area (Å²) in [5, 5.41) is 3.16. The maximum absolute atomic E-state index is 12.3. The van der Waals surface area contributed by atoms with Gasteiger partial charge in [-0.3, -0.25) is 4.79 Å². The van der Waals surface area contributed by atoms with Gasteiger partial charge in [0, 0.05) is 6.54 Å². The second-order valence-corrected chi connectivity index (χ2v) is 6.46. The standard InChI is InChI=1S/C15H28N2O/c1-2-14(8-6-7-9-14)12-17-13(18)15(16)10-4-3-5-11-15/h2-12,16H2,1H3,(H,17,18). The Hall–Kier alpha value is -0.570. The van der Waals surface area contributed by atoms with Gasteiger partial charge in [-0.1, -0.05) is 39.0 Å². The summed E-state index contributed by atoms with van der Waals surface area (Å²) in [6.45, 7) is 3.08. The summed E-state index contributed by atoms with van der Waals surface area (Å²) in [5.41, 5.74) is 6.04. The molecule has 0 aliphatic heterocycles. The van der Waals surface area contributed by atoms with Gasteiger partial charge in [-0.15, -0.1) is 0 Å². The Balaban J connectivity index is 1.87. The van der Waals surface area contributed by atoms with Gasteiger partial charge in [-0.2, -0.15) is 0 Å². The summed E-state index contributed by atoms with van der Waals surface area (Å²) in [4.78, 5) is 12.3. The number of amides is 1. The van der Waals surface area contributed by atoms with E-state index >= 15 is 0 Å². The van der Waals surface area contributed by atoms with Gasteiger partial charge in [-0.05, 0) is 37.5 Å². The SMILES string of the molecule is CCC1(CNC(=O)C2(N)CCCCC2)CCCC1. The maximum atomic E-state index is 12.3. The highest BCUT2D eigenvalue weighted by molar-refractivity contribution is 5.86. The van der Waals surface area contributed by atoms with Crippen LogP contribution in [0.4, 0.5) is 0 Å². The number of rotatable bonds is 4. The summed E-state index contributed by atoms with van der Waals surface area (Å²) in [7, 11) is 0. The van der Waals surface area contributed by atoms with Crippen LogP contribution in [-0.4, -0.2) is 18.0 Å². The zero-order valence-corrected chi connectivity index (χ0v) is 11.8. The van der Waals surface area contributed by atoms with Crippen molar-refractivity contribution in [1.29, 1.82) is 0 Å². The third kappa shape index (κ3) is 2.87. The fourth-order valence-corrected chi connectivity index (χ4v) is 3.63. The predicted octanol–water partition coefficient (Wildman–Crippen LogP) is 2.73. The van der Waals surface area contributed by atoms with Crippen LogP contribution in [-0.2, 0) is 4.79 Å². The van der Waals surface area contributed by atoms with Crippen LogP contribution in [0.1, 0.15) is 71.1 Å². The van der Waals surface area contributed by atoms with Crippen LogP contribution < -0.4 is 11.1 Å². The van der Waals surface area contributed by atoms with Crippen molar-refractivity contribution in [3.05, 3.63) is 0 Å². The van der Waals surface area contributed by atoms with Gasteiger partial charge in [0.05, 0.1) is 5.54 Å². The van der Waals surface area contributed by atoms with Crippen LogP contribution in [0, 0.1) is 5.41 Å². The normalized spacial score (nSPS) is 25.9. The van der Waals surface area contributed by atoms with Gasteiger partial charge in [0.15, 0.2) is 0 Å². The summed E-state index contributed by atoms with van der Waals surface area (Å²) < 4.78 is 0. The summed E-state index contributed by atoms with van der Waals surface area (Å²) in [5.74, 6) is 0.0990. The fourth-order valence-electron chi connectivity index (χ4n) is 3.63. The Morgan fingerprint density at radius 3 is 2.17 bits per heavy atom. The van der Waals surface area contributed by atoms with Crippen LogP contribution in [0.25, 0.3) is 0 Å². The van der Waals surface area contributed by atoms with Crippen molar-refractivity contribution in [2.24, 2.45) is 11.1 Å². The van der Waals surface area contributed by atoms with Crippen molar-refractivity contribution in [1.82, 2.24) is 5.32 Å². The molecule has 1 amide bonds. The van der Waals surface area contributed by atoms with Crippen LogP contribution in [0.3, 0.4) is 0 Å². The minimum Gasteiger partial charge on any atom is -0.354 e. The van der Waals surface area contributed by atoms with Crippen molar-refractivity contribution in [2.45, 2.75) is 76.7 Å². The van der Waals surface area contributed by atoms with E-state index in [1.54, 1.807) is 0 Å². The molecular formula is C15H28N2O. The molecule has 2 aliphatic rings. The Labute approximate surface area is 111 Å². The molecule has 2 fully saturated rings. The van der Waals surface area contributed by atoms with Crippen LogP contribution in [0.2, 0.25) is 0 Å². The smallest absolute Gasteiger partial charge is 0.240 e. The number of nitrogens with one attached hydrogen (secondary N) is 1. The summed E-state index contributed by atoms with van der Waals surface area (Å²) in [6.07, 6.45) is 11.5. The zero-order valence-electron chi connectivity index (χ0n) is 11.8. The van der Waals surface area contributed by atoms with E-state index < -0.39 is 5.54 Å². The van der Waals surface area contributed by atoms with Crippen molar-refractivity contribution in [3.8, 4) is 0 Å². The van der Waals surface area contributed by atoms with Gasteiger partial charge >= 0.3 is 0 Å². The predicted molar refractivity (Wildman–Crippen MR) is 74.2 cm³/mol. The van der Waals surface area contributed by atoms with Gasteiger partial charge in [0.2, 0.25) is 5.91 Å². The molecule has 0 radical (unpaired) electrons. The number of hydrogen-bond donors (Lipinski definition) is 2. The first kappa shape index (κ1) is 13.9. The van der Waals surface area contributed by atoms with E-state index in [4.69, 9.17) is 5.73 Å². The molecular weight excluding hydrogens is 224 g/mol. The summed E-state index contributed by atoms with van der Waals surface area (Å²) in [6, 6.07) is 0. The molecule has 18 heavy (non-hydrogen) atoms. The first-order valence-electron chi connectivity index (χ1n) is 7.67. The van der Waals surface area contributed by atoms with Crippen molar-refractivity contribution >= 4 is 5.91 Å². The van der Waals surface area contributed by atoms with E-state index in [-0.39, 0.29) is 5.91 Å². The van der Waals surface area contributed by atoms with E-state index in [1.807, 2.05) is 0 Å². The monoisotopic (exact) mass is 252 g/mol. The van der Waals surface area contributed by atoms with E-state index in [9.17, 15) is 4.79 Å². The molecule has 0 aromatic rings. The Morgan fingerprint density at radius 2 is 1.61 bits per heavy atom. The fraction of sp³-hybridized carbons (Fsp3) is 0.933. The Kier molecular flexibility index (Phi) is 4.31. The van der Waals surface area contributed by atoms with Crippen molar-refractivity contribution in [2.75, 3.05) is 6.54 Å². The molecule has 0 aromatic heterocycles.